The van der Waals surface area contributed by atoms with Crippen molar-refractivity contribution in [1.82, 2.24) is 9.58 Å². The molecule has 7 nitrogen and oxygen atoms in total. The number of nitrogens with zero attached hydrogens (tertiary/aromatic N) is 2. The molecule has 2 fully saturated rings. The summed E-state index contributed by atoms with van der Waals surface area (Å²) >= 11 is 0. The Bertz CT molecular complexity index is 666. The minimum absolute atomic E-state index is 0.00202. The van der Waals surface area contributed by atoms with E-state index in [0.29, 0.717) is 18.9 Å². The Morgan fingerprint density at radius 2 is 2.00 bits per heavy atom. The van der Waals surface area contributed by atoms with Crippen molar-refractivity contribution < 1.29 is 14.3 Å². The first-order valence-corrected chi connectivity index (χ1v) is 8.31. The molecule has 0 aromatic carbocycles. The van der Waals surface area contributed by atoms with Crippen LogP contribution >= 0.6 is 0 Å². The highest BCUT2D eigenvalue weighted by Crippen LogP contribution is 2.27. The molecule has 3 aliphatic rings. The van der Waals surface area contributed by atoms with E-state index in [1.165, 1.54) is 6.07 Å². The summed E-state index contributed by atoms with van der Waals surface area (Å²) in [5, 5.41) is 0. The van der Waals surface area contributed by atoms with Crippen LogP contribution < -0.4 is 15.6 Å². The molecule has 1 aromatic rings. The van der Waals surface area contributed by atoms with E-state index in [0.717, 1.165) is 38.6 Å². The second kappa shape index (κ2) is 5.88. The van der Waals surface area contributed by atoms with Crippen molar-refractivity contribution in [1.29, 1.82) is 0 Å². The topological polar surface area (TPSA) is 72.8 Å². The van der Waals surface area contributed by atoms with E-state index in [-0.39, 0.29) is 29.4 Å². The number of pyridine rings is 1. The van der Waals surface area contributed by atoms with Crippen LogP contribution in [-0.2, 0) is 4.74 Å². The first kappa shape index (κ1) is 14.6. The van der Waals surface area contributed by atoms with Crippen molar-refractivity contribution in [3.8, 4) is 5.75 Å². The highest BCUT2D eigenvalue weighted by molar-refractivity contribution is 5.96. The van der Waals surface area contributed by atoms with Gasteiger partial charge in [-0.2, -0.15) is 0 Å². The molecule has 0 bridgehead atoms. The molecule has 4 heterocycles. The lowest BCUT2D eigenvalue weighted by Gasteiger charge is -2.42. The fourth-order valence-corrected chi connectivity index (χ4v) is 3.51. The monoisotopic (exact) mass is 319 g/mol. The average molecular weight is 319 g/mol. The molecule has 2 saturated heterocycles. The van der Waals surface area contributed by atoms with Gasteiger partial charge < -0.3 is 19.8 Å². The highest BCUT2D eigenvalue weighted by Gasteiger charge is 2.36. The number of ether oxygens (including phenoxy) is 2. The average Bonchev–Trinajstić information content (AvgIpc) is 2.59. The van der Waals surface area contributed by atoms with Crippen molar-refractivity contribution in [2.45, 2.75) is 44.4 Å². The third-order valence-electron chi connectivity index (χ3n) is 4.76. The number of hydrogen-bond acceptors (Lipinski definition) is 5. The van der Waals surface area contributed by atoms with Crippen LogP contribution in [0.4, 0.5) is 0 Å². The molecule has 1 atom stereocenters. The maximum absolute atomic E-state index is 12.9. The van der Waals surface area contributed by atoms with Gasteiger partial charge in [-0.1, -0.05) is 0 Å². The van der Waals surface area contributed by atoms with Crippen LogP contribution in [0.5, 0.6) is 5.75 Å². The summed E-state index contributed by atoms with van der Waals surface area (Å²) in [6, 6.07) is 1.46. The Morgan fingerprint density at radius 1 is 1.17 bits per heavy atom. The van der Waals surface area contributed by atoms with Gasteiger partial charge in [0.25, 0.3) is 5.91 Å². The number of aromatic nitrogens is 1. The van der Waals surface area contributed by atoms with Crippen molar-refractivity contribution in [3.05, 3.63) is 28.2 Å². The molecule has 124 valence electrons. The fraction of sp³-hybridized carbons (Fsp3) is 0.625. The van der Waals surface area contributed by atoms with Crippen molar-refractivity contribution in [2.75, 3.05) is 25.2 Å². The zero-order valence-electron chi connectivity index (χ0n) is 13.0. The van der Waals surface area contributed by atoms with Crippen LogP contribution in [0.3, 0.4) is 0 Å². The summed E-state index contributed by atoms with van der Waals surface area (Å²) < 4.78 is 12.9. The van der Waals surface area contributed by atoms with Crippen molar-refractivity contribution in [2.24, 2.45) is 0 Å². The predicted molar refractivity (Wildman–Crippen MR) is 83.2 cm³/mol. The van der Waals surface area contributed by atoms with Crippen LogP contribution in [0.25, 0.3) is 0 Å². The Labute approximate surface area is 134 Å². The molecule has 0 saturated carbocycles. The number of carbonyl (C=O) groups excluding carboxylic acids is 1. The van der Waals surface area contributed by atoms with Crippen LogP contribution in [0.2, 0.25) is 0 Å². The largest absolute Gasteiger partial charge is 0.484 e. The summed E-state index contributed by atoms with van der Waals surface area (Å²) in [4.78, 5) is 27.0. The van der Waals surface area contributed by atoms with E-state index in [1.807, 2.05) is 4.90 Å². The zero-order valence-corrected chi connectivity index (χ0v) is 13.0. The van der Waals surface area contributed by atoms with Gasteiger partial charge in [0.1, 0.15) is 12.3 Å². The molecular weight excluding hydrogens is 298 g/mol. The number of rotatable bonds is 2. The quantitative estimate of drug-likeness (QED) is 0.877. The number of amides is 1. The van der Waals surface area contributed by atoms with Gasteiger partial charge in [-0.15, -0.1) is 0 Å². The lowest BCUT2D eigenvalue weighted by atomic mass is 10.1. The normalized spacial score (nSPS) is 24.6. The van der Waals surface area contributed by atoms with Crippen LogP contribution in [-0.4, -0.2) is 47.5 Å². The van der Waals surface area contributed by atoms with Gasteiger partial charge in [-0.05, 0) is 19.3 Å². The summed E-state index contributed by atoms with van der Waals surface area (Å²) in [7, 11) is 0. The molecular formula is C16H21N3O4. The molecule has 3 aliphatic heterocycles. The molecule has 7 heteroatoms. The highest BCUT2D eigenvalue weighted by atomic mass is 16.5. The van der Waals surface area contributed by atoms with Crippen LogP contribution in [0.1, 0.15) is 42.6 Å². The van der Waals surface area contributed by atoms with Gasteiger partial charge in [0.2, 0.25) is 5.43 Å². The fourth-order valence-electron chi connectivity index (χ4n) is 3.51. The maximum Gasteiger partial charge on any atom is 0.278 e. The van der Waals surface area contributed by atoms with Crippen LogP contribution in [0.15, 0.2) is 17.1 Å². The second-order valence-electron chi connectivity index (χ2n) is 6.30. The molecule has 1 unspecified atom stereocenters. The molecule has 0 aliphatic carbocycles. The number of carbonyl (C=O) groups is 1. The number of piperidine rings is 1. The SMILES string of the molecule is O=C1c2c(OC3CCOCC3)c(=O)ccn2NC2CCCCN12. The molecule has 1 aromatic heterocycles. The van der Waals surface area contributed by atoms with Gasteiger partial charge in [0.05, 0.1) is 13.2 Å². The number of hydrogen-bond donors (Lipinski definition) is 1. The minimum Gasteiger partial charge on any atom is -0.484 e. The first-order valence-electron chi connectivity index (χ1n) is 8.31. The van der Waals surface area contributed by atoms with Gasteiger partial charge in [-0.3, -0.25) is 14.3 Å². The lowest BCUT2D eigenvalue weighted by Crippen LogP contribution is -2.56. The number of fused-ring (bicyclic) bond motifs is 2. The van der Waals surface area contributed by atoms with E-state index < -0.39 is 0 Å². The van der Waals surface area contributed by atoms with E-state index in [2.05, 4.69) is 5.43 Å². The van der Waals surface area contributed by atoms with Gasteiger partial charge in [0.15, 0.2) is 11.4 Å². The molecule has 1 N–H and O–H groups in total. The lowest BCUT2D eigenvalue weighted by molar-refractivity contribution is 0.0233. The molecule has 0 spiro atoms. The third-order valence-corrected chi connectivity index (χ3v) is 4.76. The summed E-state index contributed by atoms with van der Waals surface area (Å²) in [5.74, 6) is 0.0501. The standard InChI is InChI=1S/C16H21N3O4/c20-12-4-8-19-14(15(12)23-11-5-9-22-10-6-11)16(21)18-7-2-1-3-13(18)17-19/h4,8,11,13,17H,1-3,5-7,9-10H2. The maximum atomic E-state index is 12.9. The van der Waals surface area contributed by atoms with E-state index in [4.69, 9.17) is 9.47 Å². The Hall–Kier alpha value is -2.02. The van der Waals surface area contributed by atoms with E-state index in [9.17, 15) is 9.59 Å². The predicted octanol–water partition coefficient (Wildman–Crippen LogP) is 0.915. The van der Waals surface area contributed by atoms with Crippen molar-refractivity contribution >= 4 is 5.91 Å². The molecule has 4 rings (SSSR count). The Balaban J connectivity index is 1.70. The first-order chi connectivity index (χ1) is 11.2. The molecule has 1 amide bonds. The van der Waals surface area contributed by atoms with Gasteiger partial charge >= 0.3 is 0 Å². The summed E-state index contributed by atoms with van der Waals surface area (Å²) in [6.07, 6.45) is 6.05. The number of nitrogens with one attached hydrogen (secondary N) is 1. The summed E-state index contributed by atoms with van der Waals surface area (Å²) in [5.41, 5.74) is 3.39. The molecule has 0 radical (unpaired) electrons. The van der Waals surface area contributed by atoms with Gasteiger partial charge in [-0.25, -0.2) is 0 Å². The Kier molecular flexibility index (Phi) is 3.72. The van der Waals surface area contributed by atoms with E-state index in [1.54, 1.807) is 10.9 Å². The molecule has 23 heavy (non-hydrogen) atoms. The third kappa shape index (κ3) is 2.59. The second-order valence-corrected chi connectivity index (χ2v) is 6.30. The van der Waals surface area contributed by atoms with Crippen LogP contribution in [0, 0.1) is 0 Å². The Morgan fingerprint density at radius 3 is 2.83 bits per heavy atom. The smallest absolute Gasteiger partial charge is 0.278 e. The minimum atomic E-state index is -0.242. The van der Waals surface area contributed by atoms with E-state index >= 15 is 0 Å². The van der Waals surface area contributed by atoms with Gasteiger partial charge in [0, 0.05) is 31.6 Å². The zero-order chi connectivity index (χ0) is 15.8. The van der Waals surface area contributed by atoms with Crippen molar-refractivity contribution in [3.63, 3.8) is 0 Å². The summed E-state index contributed by atoms with van der Waals surface area (Å²) in [6.45, 7) is 1.97.